The summed E-state index contributed by atoms with van der Waals surface area (Å²) >= 11 is 0. The van der Waals surface area contributed by atoms with E-state index >= 15 is 0 Å². The SMILES string of the molecule is CCCCCCCCCCCCNC(=O)C(O)CN(CCN(C)CCN(CC(O)C(=O)NCCCCCCCCCCCC)CC(O)C(=O)NCCCCCCCCCCCC)CC(O)C(=O)NCCCCCCCCCCCC. The van der Waals surface area contributed by atoms with Crippen molar-refractivity contribution in [1.82, 2.24) is 36.0 Å². The quantitative estimate of drug-likeness (QED) is 0.0269. The van der Waals surface area contributed by atoms with Gasteiger partial charge in [-0.2, -0.15) is 0 Å². The number of nitrogens with zero attached hydrogens (tertiary/aromatic N) is 3. The van der Waals surface area contributed by atoms with Gasteiger partial charge in [-0.05, 0) is 32.7 Å². The molecule has 4 atom stereocenters. The molecule has 0 aromatic rings. The highest BCUT2D eigenvalue weighted by Gasteiger charge is 2.26. The van der Waals surface area contributed by atoms with Gasteiger partial charge in [-0.1, -0.05) is 259 Å². The van der Waals surface area contributed by atoms with E-state index in [1.165, 1.54) is 180 Å². The van der Waals surface area contributed by atoms with Crippen molar-refractivity contribution in [2.24, 2.45) is 0 Å². The third-order valence-electron chi connectivity index (χ3n) is 15.8. The molecule has 0 spiro atoms. The Morgan fingerprint density at radius 1 is 0.275 bits per heavy atom. The number of likely N-dealkylation sites (N-methyl/N-ethyl adjacent to an activating group) is 1. The average Bonchev–Trinajstić information content (AvgIpc) is 3.44. The third kappa shape index (κ3) is 50.1. The Kier molecular flexibility index (Phi) is 56.6. The van der Waals surface area contributed by atoms with Gasteiger partial charge in [0.2, 0.25) is 23.6 Å². The van der Waals surface area contributed by atoms with Gasteiger partial charge in [0.1, 0.15) is 24.4 Å². The lowest BCUT2D eigenvalue weighted by Crippen LogP contribution is -2.51. The van der Waals surface area contributed by atoms with Gasteiger partial charge in [0, 0.05) is 78.5 Å². The molecule has 0 radical (unpaired) electrons. The van der Waals surface area contributed by atoms with Crippen LogP contribution in [0.25, 0.3) is 0 Å². The molecule has 0 aliphatic heterocycles. The Bertz CT molecular complexity index is 1210. The molecule has 0 aliphatic carbocycles. The topological polar surface area (TPSA) is 207 Å². The minimum atomic E-state index is -1.36. The minimum absolute atomic E-state index is 0.0759. The van der Waals surface area contributed by atoms with Gasteiger partial charge in [0.25, 0.3) is 0 Å². The summed E-state index contributed by atoms with van der Waals surface area (Å²) in [6, 6.07) is 0. The standard InChI is InChI=1S/C65H131N7O8/c1-6-10-14-18-22-26-30-34-38-42-46-66-62(77)58(73)54-71(55-59(74)63(78)67-47-43-39-35-31-27-23-19-15-11-7-2)52-50-70(5)51-53-72(56-60(75)64(79)68-48-44-40-36-32-28-24-20-16-12-8-3)57-61(76)65(80)69-49-45-41-37-33-29-25-21-17-13-9-4/h58-61,73-76H,6-57H2,1-5H3,(H,66,77)(H,67,78)(H,68,79)(H,69,80). The van der Waals surface area contributed by atoms with E-state index in [4.69, 9.17) is 0 Å². The number of carbonyl (C=O) groups excluding carboxylic acids is 4. The van der Waals surface area contributed by atoms with Gasteiger partial charge in [-0.3, -0.25) is 29.0 Å². The van der Waals surface area contributed by atoms with E-state index in [0.717, 1.165) is 77.0 Å². The van der Waals surface area contributed by atoms with Gasteiger partial charge in [0.15, 0.2) is 0 Å². The maximum Gasteiger partial charge on any atom is 0.250 e. The molecular weight excluding hydrogens is 1010 g/mol. The molecule has 8 N–H and O–H groups in total. The molecule has 0 aromatic carbocycles. The first-order valence-electron chi connectivity index (χ1n) is 33.9. The summed E-state index contributed by atoms with van der Waals surface area (Å²) in [5, 5.41) is 56.1. The molecule has 4 unspecified atom stereocenters. The van der Waals surface area contributed by atoms with Crippen LogP contribution in [0.15, 0.2) is 0 Å². The minimum Gasteiger partial charge on any atom is -0.382 e. The van der Waals surface area contributed by atoms with Crippen molar-refractivity contribution >= 4 is 23.6 Å². The largest absolute Gasteiger partial charge is 0.382 e. The van der Waals surface area contributed by atoms with Crippen molar-refractivity contribution < 1.29 is 39.6 Å². The predicted molar refractivity (Wildman–Crippen MR) is 334 cm³/mol. The smallest absolute Gasteiger partial charge is 0.250 e. The Balaban J connectivity index is 5.57. The second-order valence-electron chi connectivity index (χ2n) is 23.8. The van der Waals surface area contributed by atoms with Gasteiger partial charge in [-0.15, -0.1) is 0 Å². The highest BCUT2D eigenvalue weighted by Crippen LogP contribution is 2.14. The van der Waals surface area contributed by atoms with Crippen LogP contribution in [0.3, 0.4) is 0 Å². The number of unbranched alkanes of at least 4 members (excludes halogenated alkanes) is 36. The summed E-state index contributed by atoms with van der Waals surface area (Å²) < 4.78 is 0. The van der Waals surface area contributed by atoms with Crippen molar-refractivity contribution in [1.29, 1.82) is 0 Å². The first-order valence-corrected chi connectivity index (χ1v) is 33.9. The van der Waals surface area contributed by atoms with Crippen molar-refractivity contribution in [3.05, 3.63) is 0 Å². The van der Waals surface area contributed by atoms with Crippen LogP contribution in [0.4, 0.5) is 0 Å². The van der Waals surface area contributed by atoms with Crippen LogP contribution >= 0.6 is 0 Å². The fourth-order valence-electron chi connectivity index (χ4n) is 10.3. The molecule has 0 fully saturated rings. The van der Waals surface area contributed by atoms with E-state index in [-0.39, 0.29) is 26.2 Å². The van der Waals surface area contributed by atoms with Crippen LogP contribution in [0.5, 0.6) is 0 Å². The molecule has 0 saturated heterocycles. The Morgan fingerprint density at radius 2 is 0.438 bits per heavy atom. The van der Waals surface area contributed by atoms with Crippen molar-refractivity contribution in [3.63, 3.8) is 0 Å². The lowest BCUT2D eigenvalue weighted by molar-refractivity contribution is -0.133. The summed E-state index contributed by atoms with van der Waals surface area (Å²) in [5.74, 6) is -1.92. The second kappa shape index (κ2) is 58.4. The van der Waals surface area contributed by atoms with Gasteiger partial charge < -0.3 is 46.6 Å². The number of carbonyl (C=O) groups is 4. The van der Waals surface area contributed by atoms with E-state index in [9.17, 15) is 39.6 Å². The maximum atomic E-state index is 13.1. The highest BCUT2D eigenvalue weighted by molar-refractivity contribution is 5.82. The number of nitrogens with one attached hydrogen (secondary N) is 4. The number of hydrogen-bond donors (Lipinski definition) is 8. The zero-order valence-electron chi connectivity index (χ0n) is 52.8. The molecule has 15 nitrogen and oxygen atoms in total. The molecule has 0 aromatic heterocycles. The van der Waals surface area contributed by atoms with Crippen molar-refractivity contribution in [2.75, 3.05) is 85.6 Å². The van der Waals surface area contributed by atoms with Crippen LogP contribution in [0.1, 0.15) is 285 Å². The molecule has 474 valence electrons. The predicted octanol–water partition coefficient (Wildman–Crippen LogP) is 11.1. The molecule has 0 aliphatic rings. The van der Waals surface area contributed by atoms with Crippen LogP contribution in [-0.2, 0) is 19.2 Å². The highest BCUT2D eigenvalue weighted by atomic mass is 16.3. The van der Waals surface area contributed by atoms with Gasteiger partial charge >= 0.3 is 0 Å². The first-order chi connectivity index (χ1) is 38.9. The fourth-order valence-corrected chi connectivity index (χ4v) is 10.3. The molecule has 80 heavy (non-hydrogen) atoms. The summed E-state index contributed by atoms with van der Waals surface area (Å²) in [5.41, 5.74) is 0. The molecule has 0 rings (SSSR count). The zero-order valence-corrected chi connectivity index (χ0v) is 52.8. The van der Waals surface area contributed by atoms with Crippen LogP contribution in [0.2, 0.25) is 0 Å². The number of amides is 4. The number of hydrogen-bond acceptors (Lipinski definition) is 11. The van der Waals surface area contributed by atoms with E-state index in [2.05, 4.69) is 49.0 Å². The average molecular weight is 1140 g/mol. The van der Waals surface area contributed by atoms with Crippen LogP contribution in [0, 0.1) is 0 Å². The van der Waals surface area contributed by atoms with Crippen LogP contribution < -0.4 is 21.3 Å². The Hall–Kier alpha value is -2.40. The number of aliphatic hydroxyl groups excluding tert-OH is 4. The fraction of sp³-hybridized carbons (Fsp3) is 0.938. The Morgan fingerprint density at radius 3 is 0.613 bits per heavy atom. The van der Waals surface area contributed by atoms with E-state index in [1.54, 1.807) is 9.80 Å². The normalized spacial score (nSPS) is 13.2. The van der Waals surface area contributed by atoms with Crippen molar-refractivity contribution in [3.8, 4) is 0 Å². The second-order valence-corrected chi connectivity index (χ2v) is 23.8. The molecule has 15 heteroatoms. The van der Waals surface area contributed by atoms with Crippen molar-refractivity contribution in [2.45, 2.75) is 309 Å². The maximum absolute atomic E-state index is 13.1. The Labute approximate surface area is 491 Å². The first kappa shape index (κ1) is 77.6. The number of aliphatic hydroxyl groups is 4. The summed E-state index contributed by atoms with van der Waals surface area (Å²) in [4.78, 5) is 58.1. The van der Waals surface area contributed by atoms with E-state index in [1.807, 2.05) is 11.9 Å². The molecule has 0 saturated carbocycles. The summed E-state index contributed by atoms with van der Waals surface area (Å²) in [6.07, 6.45) is 41.9. The lowest BCUT2D eigenvalue weighted by Gasteiger charge is -2.31. The molecule has 0 bridgehead atoms. The van der Waals surface area contributed by atoms with Crippen LogP contribution in [-0.4, -0.2) is 169 Å². The van der Waals surface area contributed by atoms with E-state index in [0.29, 0.717) is 52.4 Å². The van der Waals surface area contributed by atoms with Gasteiger partial charge in [-0.25, -0.2) is 0 Å². The summed E-state index contributed by atoms with van der Waals surface area (Å²) in [6.45, 7) is 12.0. The third-order valence-corrected chi connectivity index (χ3v) is 15.8. The lowest BCUT2D eigenvalue weighted by atomic mass is 10.1. The molecule has 4 amide bonds. The molecule has 0 heterocycles. The zero-order chi connectivity index (χ0) is 58.9. The number of rotatable bonds is 62. The monoisotopic (exact) mass is 1140 g/mol. The molecular formula is C65H131N7O8. The van der Waals surface area contributed by atoms with E-state index < -0.39 is 48.0 Å². The van der Waals surface area contributed by atoms with Gasteiger partial charge in [0.05, 0.1) is 0 Å². The summed E-state index contributed by atoms with van der Waals surface area (Å²) in [7, 11) is 1.90.